The number of rotatable bonds is 7. The zero-order valence-corrected chi connectivity index (χ0v) is 28.4. The maximum Gasteiger partial charge on any atom is 0.339 e. The molecule has 0 N–H and O–H groups in total. The van der Waals surface area contributed by atoms with Gasteiger partial charge in [-0.1, -0.05) is 97.2 Å². The van der Waals surface area contributed by atoms with Crippen LogP contribution < -0.4 is 4.90 Å². The second-order valence-corrected chi connectivity index (χ2v) is 14.3. The lowest BCUT2D eigenvalue weighted by atomic mass is 9.81. The van der Waals surface area contributed by atoms with Crippen LogP contribution in [0.4, 0.5) is 5.69 Å². The van der Waals surface area contributed by atoms with Crippen molar-refractivity contribution in [1.82, 2.24) is 4.98 Å². The van der Waals surface area contributed by atoms with Crippen LogP contribution in [0.1, 0.15) is 46.0 Å². The molecule has 2 fully saturated rings. The van der Waals surface area contributed by atoms with Gasteiger partial charge in [0.15, 0.2) is 12.4 Å². The summed E-state index contributed by atoms with van der Waals surface area (Å²) in [5.41, 5.74) is 4.08. The Morgan fingerprint density at radius 1 is 0.909 bits per heavy atom. The molecule has 1 aliphatic heterocycles. The molecule has 4 unspecified atom stereocenters. The van der Waals surface area contributed by atoms with E-state index in [0.717, 1.165) is 10.0 Å². The van der Waals surface area contributed by atoms with Crippen LogP contribution in [-0.4, -0.2) is 44.8 Å². The number of hydrogen-bond donors (Lipinski definition) is 0. The number of pyridine rings is 1. The van der Waals surface area contributed by atoms with Crippen molar-refractivity contribution in [3.63, 3.8) is 0 Å². The minimum absolute atomic E-state index is 0.132. The first-order valence-electron chi connectivity index (χ1n) is 14.3. The lowest BCUT2D eigenvalue weighted by Gasteiger charge is -2.29. The van der Waals surface area contributed by atoms with Crippen molar-refractivity contribution in [3.05, 3.63) is 94.0 Å². The van der Waals surface area contributed by atoms with Gasteiger partial charge in [-0.05, 0) is 55.2 Å². The molecule has 2 amide bonds. The molecule has 1 saturated carbocycles. The summed E-state index contributed by atoms with van der Waals surface area (Å²) < 4.78 is 6.31. The first-order chi connectivity index (χ1) is 21.2. The summed E-state index contributed by atoms with van der Waals surface area (Å²) in [5, 5.41) is 0.611. The first-order valence-corrected chi connectivity index (χ1v) is 16.9. The van der Waals surface area contributed by atoms with Gasteiger partial charge in [0.25, 0.3) is 0 Å². The number of benzene rings is 3. The van der Waals surface area contributed by atoms with Crippen LogP contribution in [0, 0.1) is 11.8 Å². The van der Waals surface area contributed by atoms with E-state index in [4.69, 9.17) is 9.72 Å². The molecule has 6 rings (SSSR count). The van der Waals surface area contributed by atoms with E-state index in [1.54, 1.807) is 54.6 Å². The number of fused-ring (bicyclic) bond motifs is 2. The molecule has 10 heteroatoms. The number of carbonyl (C=O) groups excluding carboxylic acids is 4. The van der Waals surface area contributed by atoms with Crippen LogP contribution in [-0.2, 0) is 20.7 Å². The summed E-state index contributed by atoms with van der Waals surface area (Å²) in [6.07, 6.45) is 1.89. The Morgan fingerprint density at radius 3 is 2.16 bits per heavy atom. The van der Waals surface area contributed by atoms with E-state index in [-0.39, 0.29) is 44.7 Å². The number of imide groups is 1. The van der Waals surface area contributed by atoms with E-state index >= 15 is 0 Å². The summed E-state index contributed by atoms with van der Waals surface area (Å²) >= 11 is 10.8. The number of aryl methyl sites for hydroxylation is 1. The SMILES string of the molecule is CCc1cc(Br)cc2c(C(=O)OCC(=O)c3ccccc3)cc(-c3ccc(N4C(=O)C5CC(Br)C(Br)CC5C4=O)cc3)nc12. The predicted molar refractivity (Wildman–Crippen MR) is 179 cm³/mol. The molecule has 2 aliphatic rings. The van der Waals surface area contributed by atoms with E-state index in [9.17, 15) is 19.2 Å². The molecule has 1 aliphatic carbocycles. The Labute approximate surface area is 279 Å². The van der Waals surface area contributed by atoms with E-state index in [1.165, 1.54) is 4.90 Å². The van der Waals surface area contributed by atoms with E-state index in [2.05, 4.69) is 47.8 Å². The van der Waals surface area contributed by atoms with Crippen molar-refractivity contribution in [2.45, 2.75) is 35.8 Å². The van der Waals surface area contributed by atoms with Crippen LogP contribution in [0.3, 0.4) is 0 Å². The normalized spacial score (nSPS) is 21.4. The summed E-state index contributed by atoms with van der Waals surface area (Å²) in [6.45, 7) is 1.62. The molecular weight excluding hydrogens is 756 g/mol. The number of alkyl halides is 2. The summed E-state index contributed by atoms with van der Waals surface area (Å²) in [4.78, 5) is 59.2. The second kappa shape index (κ2) is 12.7. The monoisotopic (exact) mass is 780 g/mol. The quantitative estimate of drug-likeness (QED) is 0.0827. The molecule has 1 saturated heterocycles. The standard InChI is InChI=1S/C34H27Br3N2O5/c1-2-18-12-21(35)13-23-26(34(43)44-17-30(40)20-6-4-3-5-7-20)16-29(38-31(18)23)19-8-10-22(11-9-19)39-32(41)24-14-27(36)28(37)15-25(24)33(39)42/h3-13,16,24-25,27-28H,2,14-15,17H2,1H3. The van der Waals surface area contributed by atoms with Gasteiger partial charge in [0.2, 0.25) is 11.8 Å². The number of anilines is 1. The van der Waals surface area contributed by atoms with Gasteiger partial charge >= 0.3 is 5.97 Å². The molecule has 2 heterocycles. The maximum absolute atomic E-state index is 13.5. The molecule has 0 radical (unpaired) electrons. The molecule has 44 heavy (non-hydrogen) atoms. The van der Waals surface area contributed by atoms with Gasteiger partial charge in [0.1, 0.15) is 0 Å². The van der Waals surface area contributed by atoms with Gasteiger partial charge in [-0.15, -0.1) is 0 Å². The van der Waals surface area contributed by atoms with Crippen molar-refractivity contribution in [2.75, 3.05) is 11.5 Å². The Balaban J connectivity index is 1.32. The highest BCUT2D eigenvalue weighted by Crippen LogP contribution is 2.44. The largest absolute Gasteiger partial charge is 0.454 e. The Morgan fingerprint density at radius 2 is 1.55 bits per heavy atom. The molecule has 3 aromatic carbocycles. The molecule has 224 valence electrons. The number of ether oxygens (including phenoxy) is 1. The smallest absolute Gasteiger partial charge is 0.339 e. The van der Waals surface area contributed by atoms with Crippen LogP contribution in [0.25, 0.3) is 22.2 Å². The van der Waals surface area contributed by atoms with Crippen LogP contribution in [0.2, 0.25) is 0 Å². The van der Waals surface area contributed by atoms with Crippen LogP contribution in [0.5, 0.6) is 0 Å². The Hall–Kier alpha value is -3.21. The lowest BCUT2D eigenvalue weighted by Crippen LogP contribution is -2.34. The number of hydrogen-bond acceptors (Lipinski definition) is 6. The molecule has 1 aromatic heterocycles. The fraction of sp³-hybridized carbons (Fsp3) is 0.265. The number of halogens is 3. The molecule has 7 nitrogen and oxygen atoms in total. The number of esters is 1. The number of nitrogens with zero attached hydrogens (tertiary/aromatic N) is 2. The molecular formula is C34H27Br3N2O5. The average Bonchev–Trinajstić information content (AvgIpc) is 3.27. The van der Waals surface area contributed by atoms with Crippen molar-refractivity contribution in [2.24, 2.45) is 11.8 Å². The third-order valence-corrected chi connectivity index (χ3v) is 11.5. The summed E-state index contributed by atoms with van der Waals surface area (Å²) in [7, 11) is 0. The fourth-order valence-corrected chi connectivity index (χ4v) is 7.74. The van der Waals surface area contributed by atoms with Gasteiger partial charge in [-0.25, -0.2) is 9.78 Å². The number of aromatic nitrogens is 1. The van der Waals surface area contributed by atoms with E-state index in [0.29, 0.717) is 52.7 Å². The highest BCUT2D eigenvalue weighted by molar-refractivity contribution is 9.12. The fourth-order valence-electron chi connectivity index (χ4n) is 5.99. The third-order valence-electron chi connectivity index (χ3n) is 8.32. The Kier molecular flexibility index (Phi) is 8.86. The highest BCUT2D eigenvalue weighted by Gasteiger charge is 2.52. The minimum Gasteiger partial charge on any atom is -0.454 e. The van der Waals surface area contributed by atoms with Crippen LogP contribution >= 0.6 is 47.8 Å². The highest BCUT2D eigenvalue weighted by atomic mass is 79.9. The zero-order valence-electron chi connectivity index (χ0n) is 23.6. The lowest BCUT2D eigenvalue weighted by molar-refractivity contribution is -0.122. The second-order valence-electron chi connectivity index (χ2n) is 11.0. The number of carbonyl (C=O) groups is 4. The molecule has 4 atom stereocenters. The maximum atomic E-state index is 13.5. The van der Waals surface area contributed by atoms with E-state index in [1.807, 2.05) is 25.1 Å². The molecule has 0 bridgehead atoms. The number of amides is 2. The van der Waals surface area contributed by atoms with Crippen molar-refractivity contribution in [3.8, 4) is 11.3 Å². The topological polar surface area (TPSA) is 93.6 Å². The first kappa shape index (κ1) is 30.8. The average molecular weight is 783 g/mol. The van der Waals surface area contributed by atoms with Gasteiger partial charge in [-0.2, -0.15) is 0 Å². The zero-order chi connectivity index (χ0) is 31.1. The molecule has 0 spiro atoms. The molecule has 4 aromatic rings. The van der Waals surface area contributed by atoms with Gasteiger partial charge < -0.3 is 4.74 Å². The predicted octanol–water partition coefficient (Wildman–Crippen LogP) is 7.69. The number of Topliss-reactive ketones (excluding diaryl/α,β-unsaturated/α-hetero) is 1. The van der Waals surface area contributed by atoms with E-state index < -0.39 is 12.6 Å². The summed E-state index contributed by atoms with van der Waals surface area (Å²) in [6, 6.07) is 21.2. The van der Waals surface area contributed by atoms with Crippen molar-refractivity contribution >= 4 is 87.9 Å². The van der Waals surface area contributed by atoms with Crippen LogP contribution in [0.15, 0.2) is 77.3 Å². The number of ketones is 1. The third kappa shape index (κ3) is 5.79. The summed E-state index contributed by atoms with van der Waals surface area (Å²) in [5.74, 6) is -1.95. The van der Waals surface area contributed by atoms with Gasteiger partial charge in [-0.3, -0.25) is 19.3 Å². The van der Waals surface area contributed by atoms with Gasteiger partial charge in [0.05, 0.1) is 34.3 Å². The van der Waals surface area contributed by atoms with Crippen molar-refractivity contribution < 1.29 is 23.9 Å². The Bertz CT molecular complexity index is 1770. The minimum atomic E-state index is -0.634. The van der Waals surface area contributed by atoms with Gasteiger partial charge in [0, 0.05) is 30.6 Å². The van der Waals surface area contributed by atoms with Crippen molar-refractivity contribution in [1.29, 1.82) is 0 Å².